The number of nitrogens with zero attached hydrogens (tertiary/aromatic N) is 4. The van der Waals surface area contributed by atoms with Crippen LogP contribution in [0, 0.1) is 0 Å². The number of sulfonamides is 1. The second kappa shape index (κ2) is 9.57. The predicted octanol–water partition coefficient (Wildman–Crippen LogP) is 3.21. The zero-order chi connectivity index (χ0) is 24.5. The minimum atomic E-state index is -4.10. The lowest BCUT2D eigenvalue weighted by Crippen LogP contribution is -2.50. The molecule has 2 heterocycles. The molecule has 1 aromatic heterocycles. The maximum absolute atomic E-state index is 13.3. The van der Waals surface area contributed by atoms with Crippen LogP contribution in [0.2, 0.25) is 10.0 Å². The first-order valence-corrected chi connectivity index (χ1v) is 12.3. The van der Waals surface area contributed by atoms with Crippen molar-refractivity contribution in [2.24, 2.45) is 0 Å². The molecule has 0 bridgehead atoms. The number of benzene rings is 2. The molecule has 0 saturated heterocycles. The van der Waals surface area contributed by atoms with Crippen molar-refractivity contribution >= 4 is 45.4 Å². The zero-order valence-electron chi connectivity index (χ0n) is 17.8. The SMILES string of the molecule is C[C@H](c1ccc(C=O)cc1)n1cc(C[C@@H]2C(=O)NC=CN2S(=O)(=O)c2ccc(Cl)c(Cl)c2)nn1. The van der Waals surface area contributed by atoms with Crippen molar-refractivity contribution in [3.63, 3.8) is 0 Å². The van der Waals surface area contributed by atoms with Crippen molar-refractivity contribution in [1.82, 2.24) is 24.6 Å². The van der Waals surface area contributed by atoms with Crippen LogP contribution in [-0.2, 0) is 21.2 Å². The van der Waals surface area contributed by atoms with Crippen LogP contribution >= 0.6 is 23.2 Å². The van der Waals surface area contributed by atoms with E-state index in [0.29, 0.717) is 11.3 Å². The highest BCUT2D eigenvalue weighted by Gasteiger charge is 2.36. The average molecular weight is 520 g/mol. The average Bonchev–Trinajstić information content (AvgIpc) is 3.30. The van der Waals surface area contributed by atoms with Gasteiger partial charge in [-0.2, -0.15) is 0 Å². The van der Waals surface area contributed by atoms with Crippen LogP contribution < -0.4 is 5.32 Å². The number of aldehydes is 1. The summed E-state index contributed by atoms with van der Waals surface area (Å²) in [6.07, 6.45) is 4.96. The van der Waals surface area contributed by atoms with Gasteiger partial charge in [0.25, 0.3) is 10.0 Å². The van der Waals surface area contributed by atoms with E-state index in [1.807, 2.05) is 19.1 Å². The number of halogens is 2. The Morgan fingerprint density at radius 2 is 1.88 bits per heavy atom. The normalized spacial score (nSPS) is 16.9. The number of carbonyl (C=O) groups is 2. The summed E-state index contributed by atoms with van der Waals surface area (Å²) in [7, 11) is -4.10. The number of rotatable bonds is 7. The zero-order valence-corrected chi connectivity index (χ0v) is 20.1. The van der Waals surface area contributed by atoms with Crippen LogP contribution in [0.4, 0.5) is 0 Å². The van der Waals surface area contributed by atoms with Gasteiger partial charge in [0.15, 0.2) is 0 Å². The van der Waals surface area contributed by atoms with Crippen LogP contribution in [0.5, 0.6) is 0 Å². The molecule has 12 heteroatoms. The lowest BCUT2D eigenvalue weighted by molar-refractivity contribution is -0.124. The molecule has 34 heavy (non-hydrogen) atoms. The van der Waals surface area contributed by atoms with E-state index < -0.39 is 22.0 Å². The fourth-order valence-electron chi connectivity index (χ4n) is 3.50. The minimum absolute atomic E-state index is 0.00642. The van der Waals surface area contributed by atoms with Gasteiger partial charge in [0.1, 0.15) is 12.3 Å². The summed E-state index contributed by atoms with van der Waals surface area (Å²) in [5.41, 5.74) is 1.90. The molecule has 9 nitrogen and oxygen atoms in total. The van der Waals surface area contributed by atoms with Crippen LogP contribution in [-0.4, -0.2) is 46.0 Å². The molecule has 0 radical (unpaired) electrons. The summed E-state index contributed by atoms with van der Waals surface area (Å²) in [5, 5.41) is 11.1. The van der Waals surface area contributed by atoms with Gasteiger partial charge < -0.3 is 5.32 Å². The fraction of sp³-hybridized carbons (Fsp3) is 0.182. The standard InChI is InChI=1S/C22H19Cl2N5O4S/c1-14(16-4-2-15(13-30)3-5-16)28-12-17(26-27-28)10-21-22(31)25-8-9-29(21)34(32,33)18-6-7-19(23)20(24)11-18/h2-9,11-14,21H,10H2,1H3,(H,25,31)/t14-,21-/m1/s1. The highest BCUT2D eigenvalue weighted by atomic mass is 35.5. The Kier molecular flexibility index (Phi) is 6.74. The summed E-state index contributed by atoms with van der Waals surface area (Å²) in [6.45, 7) is 1.91. The molecule has 1 aliphatic heterocycles. The lowest BCUT2D eigenvalue weighted by Gasteiger charge is -2.31. The molecule has 0 unspecified atom stereocenters. The summed E-state index contributed by atoms with van der Waals surface area (Å²) in [6, 6.07) is 9.73. The number of hydrogen-bond acceptors (Lipinski definition) is 6. The van der Waals surface area contributed by atoms with Gasteiger partial charge in [0, 0.05) is 30.6 Å². The summed E-state index contributed by atoms with van der Waals surface area (Å²) >= 11 is 11.9. The maximum Gasteiger partial charge on any atom is 0.264 e. The first-order chi connectivity index (χ1) is 16.2. The van der Waals surface area contributed by atoms with Crippen LogP contribution in [0.15, 0.2) is 66.0 Å². The molecule has 3 aromatic rings. The van der Waals surface area contributed by atoms with Gasteiger partial charge in [-0.3, -0.25) is 13.9 Å². The number of amides is 1. The third-order valence-electron chi connectivity index (χ3n) is 5.44. The van der Waals surface area contributed by atoms with Gasteiger partial charge in [0.2, 0.25) is 5.91 Å². The van der Waals surface area contributed by atoms with Gasteiger partial charge in [0.05, 0.1) is 26.7 Å². The van der Waals surface area contributed by atoms with Crippen molar-refractivity contribution in [3.05, 3.63) is 87.9 Å². The number of nitrogens with one attached hydrogen (secondary N) is 1. The molecular formula is C22H19Cl2N5O4S. The molecule has 1 N–H and O–H groups in total. The Morgan fingerprint density at radius 1 is 1.15 bits per heavy atom. The van der Waals surface area contributed by atoms with E-state index in [0.717, 1.165) is 16.2 Å². The fourth-order valence-corrected chi connectivity index (χ4v) is 5.34. The van der Waals surface area contributed by atoms with E-state index in [4.69, 9.17) is 23.2 Å². The summed E-state index contributed by atoms with van der Waals surface area (Å²) < 4.78 is 29.1. The van der Waals surface area contributed by atoms with Crippen LogP contribution in [0.25, 0.3) is 0 Å². The quantitative estimate of drug-likeness (QED) is 0.479. The molecular weight excluding hydrogens is 501 g/mol. The lowest BCUT2D eigenvalue weighted by atomic mass is 10.1. The maximum atomic E-state index is 13.3. The largest absolute Gasteiger partial charge is 0.329 e. The predicted molar refractivity (Wildman–Crippen MR) is 126 cm³/mol. The van der Waals surface area contributed by atoms with Crippen molar-refractivity contribution in [2.75, 3.05) is 0 Å². The van der Waals surface area contributed by atoms with E-state index in [9.17, 15) is 18.0 Å². The van der Waals surface area contributed by atoms with E-state index in [-0.39, 0.29) is 27.4 Å². The van der Waals surface area contributed by atoms with Gasteiger partial charge in [-0.1, -0.05) is 52.7 Å². The van der Waals surface area contributed by atoms with Gasteiger partial charge in [-0.15, -0.1) is 5.10 Å². The van der Waals surface area contributed by atoms with E-state index >= 15 is 0 Å². The highest BCUT2D eigenvalue weighted by Crippen LogP contribution is 2.29. The summed E-state index contributed by atoms with van der Waals surface area (Å²) in [4.78, 5) is 23.4. The van der Waals surface area contributed by atoms with Crippen molar-refractivity contribution in [1.29, 1.82) is 0 Å². The molecule has 2 atom stereocenters. The van der Waals surface area contributed by atoms with E-state index in [2.05, 4.69) is 15.6 Å². The van der Waals surface area contributed by atoms with Crippen LogP contribution in [0.3, 0.4) is 0 Å². The first-order valence-electron chi connectivity index (χ1n) is 10.1. The molecule has 176 valence electrons. The third-order valence-corrected chi connectivity index (χ3v) is 7.96. The smallest absolute Gasteiger partial charge is 0.264 e. The Balaban J connectivity index is 1.58. The molecule has 1 amide bonds. The van der Waals surface area contributed by atoms with E-state index in [1.54, 1.807) is 23.0 Å². The minimum Gasteiger partial charge on any atom is -0.329 e. The summed E-state index contributed by atoms with van der Waals surface area (Å²) in [5.74, 6) is -0.502. The Labute approximate surface area is 206 Å². The Hall–Kier alpha value is -3.21. The van der Waals surface area contributed by atoms with Crippen molar-refractivity contribution in [2.45, 2.75) is 30.3 Å². The number of hydrogen-bond donors (Lipinski definition) is 1. The van der Waals surface area contributed by atoms with Crippen molar-refractivity contribution in [3.8, 4) is 0 Å². The van der Waals surface area contributed by atoms with Gasteiger partial charge >= 0.3 is 0 Å². The molecule has 2 aromatic carbocycles. The Bertz CT molecular complexity index is 1370. The number of aromatic nitrogens is 3. The highest BCUT2D eigenvalue weighted by molar-refractivity contribution is 7.89. The molecule has 1 aliphatic rings. The Morgan fingerprint density at radius 3 is 2.56 bits per heavy atom. The van der Waals surface area contributed by atoms with Crippen LogP contribution in [0.1, 0.15) is 34.6 Å². The first kappa shape index (κ1) is 23.9. The van der Waals surface area contributed by atoms with Gasteiger partial charge in [-0.25, -0.2) is 13.1 Å². The topological polar surface area (TPSA) is 114 Å². The van der Waals surface area contributed by atoms with Gasteiger partial charge in [-0.05, 0) is 30.7 Å². The third kappa shape index (κ3) is 4.70. The molecule has 0 spiro atoms. The monoisotopic (exact) mass is 519 g/mol. The molecule has 0 saturated carbocycles. The second-order valence-corrected chi connectivity index (χ2v) is 10.3. The number of carbonyl (C=O) groups excluding carboxylic acids is 2. The second-order valence-electron chi connectivity index (χ2n) is 7.61. The van der Waals surface area contributed by atoms with E-state index in [1.165, 1.54) is 30.6 Å². The molecule has 0 fully saturated rings. The molecule has 4 rings (SSSR count). The molecule has 0 aliphatic carbocycles. The van der Waals surface area contributed by atoms with Crippen molar-refractivity contribution < 1.29 is 18.0 Å².